The van der Waals surface area contributed by atoms with Gasteiger partial charge in [0.2, 0.25) is 0 Å². The summed E-state index contributed by atoms with van der Waals surface area (Å²) in [5.74, 6) is 1.21. The molecule has 0 bridgehead atoms. The van der Waals surface area contributed by atoms with Gasteiger partial charge in [-0.05, 0) is 81.1 Å². The molecule has 2 aromatic rings. The number of carbonyl (C=O) groups is 1. The molecule has 0 unspecified atom stereocenters. The second kappa shape index (κ2) is 10.7. The molecule has 1 aliphatic heterocycles. The highest BCUT2D eigenvalue weighted by Gasteiger charge is 2.26. The Bertz CT molecular complexity index is 927. The van der Waals surface area contributed by atoms with Crippen LogP contribution in [0.25, 0.3) is 11.1 Å². The van der Waals surface area contributed by atoms with E-state index < -0.39 is 5.97 Å². The quantitative estimate of drug-likeness (QED) is 0.528. The van der Waals surface area contributed by atoms with Gasteiger partial charge in [-0.2, -0.15) is 0 Å². The average Bonchev–Trinajstić information content (AvgIpc) is 2.82. The molecular formula is C28H36FNO3. The van der Waals surface area contributed by atoms with Gasteiger partial charge < -0.3 is 9.84 Å². The summed E-state index contributed by atoms with van der Waals surface area (Å²) in [5, 5.41) is 9.17. The first-order valence-corrected chi connectivity index (χ1v) is 12.4. The Morgan fingerprint density at radius 1 is 1.03 bits per heavy atom. The summed E-state index contributed by atoms with van der Waals surface area (Å²) in [6, 6.07) is 13.3. The molecule has 2 aromatic carbocycles. The zero-order chi connectivity index (χ0) is 23.4. The second-order valence-electron chi connectivity index (χ2n) is 10.1. The monoisotopic (exact) mass is 453 g/mol. The minimum atomic E-state index is -0.724. The topological polar surface area (TPSA) is 49.8 Å². The Balaban J connectivity index is 1.37. The molecule has 2 fully saturated rings. The molecule has 178 valence electrons. The minimum Gasteiger partial charge on any atom is -0.490 e. The zero-order valence-electron chi connectivity index (χ0n) is 19.8. The average molecular weight is 454 g/mol. The molecule has 0 atom stereocenters. The first-order valence-electron chi connectivity index (χ1n) is 12.4. The lowest BCUT2D eigenvalue weighted by atomic mass is 9.80. The van der Waals surface area contributed by atoms with Gasteiger partial charge in [-0.1, -0.05) is 44.2 Å². The summed E-state index contributed by atoms with van der Waals surface area (Å²) in [6.07, 6.45) is 6.18. The molecule has 4 nitrogen and oxygen atoms in total. The highest BCUT2D eigenvalue weighted by molar-refractivity contribution is 5.70. The van der Waals surface area contributed by atoms with Crippen molar-refractivity contribution in [1.29, 1.82) is 0 Å². The van der Waals surface area contributed by atoms with Crippen LogP contribution in [0.3, 0.4) is 0 Å². The SMILES string of the molecule is CC(C)C1CCC(Oc2ccc(-c3cccc(CN4CCC(C(=O)O)CC4)c3F)cc2)CC1. The normalized spacial score (nSPS) is 22.4. The van der Waals surface area contributed by atoms with Crippen molar-refractivity contribution in [3.8, 4) is 16.9 Å². The van der Waals surface area contributed by atoms with E-state index in [9.17, 15) is 9.90 Å². The maximum absolute atomic E-state index is 15.3. The lowest BCUT2D eigenvalue weighted by Crippen LogP contribution is -2.36. The molecule has 0 radical (unpaired) electrons. The molecule has 0 aromatic heterocycles. The maximum atomic E-state index is 15.3. The highest BCUT2D eigenvalue weighted by atomic mass is 19.1. The minimum absolute atomic E-state index is 0.196. The van der Waals surface area contributed by atoms with Crippen molar-refractivity contribution < 1.29 is 19.0 Å². The summed E-state index contributed by atoms with van der Waals surface area (Å²) >= 11 is 0. The van der Waals surface area contributed by atoms with Crippen LogP contribution in [0.15, 0.2) is 42.5 Å². The number of hydrogen-bond acceptors (Lipinski definition) is 3. The molecule has 5 heteroatoms. The fourth-order valence-corrected chi connectivity index (χ4v) is 5.28. The third-order valence-corrected chi connectivity index (χ3v) is 7.54. The molecular weight excluding hydrogens is 417 g/mol. The molecule has 1 aliphatic carbocycles. The van der Waals surface area contributed by atoms with Gasteiger partial charge in [-0.3, -0.25) is 9.69 Å². The van der Waals surface area contributed by atoms with Crippen LogP contribution in [0.5, 0.6) is 5.75 Å². The van der Waals surface area contributed by atoms with Gasteiger partial charge in [0.05, 0.1) is 12.0 Å². The van der Waals surface area contributed by atoms with E-state index in [-0.39, 0.29) is 17.8 Å². The number of ether oxygens (including phenoxy) is 1. The third kappa shape index (κ3) is 5.94. The molecule has 0 amide bonds. The number of likely N-dealkylation sites (tertiary alicyclic amines) is 1. The number of carboxylic acid groups (broad SMARTS) is 1. The third-order valence-electron chi connectivity index (χ3n) is 7.54. The Morgan fingerprint density at radius 2 is 1.70 bits per heavy atom. The highest BCUT2D eigenvalue weighted by Crippen LogP contribution is 2.33. The van der Waals surface area contributed by atoms with Crippen molar-refractivity contribution >= 4 is 5.97 Å². The van der Waals surface area contributed by atoms with Crippen LogP contribution in [0.4, 0.5) is 4.39 Å². The van der Waals surface area contributed by atoms with E-state index in [0.717, 1.165) is 36.0 Å². The summed E-state index contributed by atoms with van der Waals surface area (Å²) in [6.45, 7) is 6.49. The molecule has 1 saturated carbocycles. The number of carboxylic acids is 1. The van der Waals surface area contributed by atoms with E-state index >= 15 is 4.39 Å². The largest absolute Gasteiger partial charge is 0.490 e. The number of benzene rings is 2. The Morgan fingerprint density at radius 3 is 2.30 bits per heavy atom. The lowest BCUT2D eigenvalue weighted by Gasteiger charge is -2.31. The summed E-state index contributed by atoms with van der Waals surface area (Å²) in [4.78, 5) is 13.3. The van der Waals surface area contributed by atoms with E-state index in [4.69, 9.17) is 4.74 Å². The van der Waals surface area contributed by atoms with Crippen molar-refractivity contribution in [2.45, 2.75) is 65.0 Å². The number of rotatable bonds is 7. The van der Waals surface area contributed by atoms with E-state index in [2.05, 4.69) is 18.7 Å². The van der Waals surface area contributed by atoms with E-state index in [1.54, 1.807) is 0 Å². The van der Waals surface area contributed by atoms with Gasteiger partial charge in [0.1, 0.15) is 11.6 Å². The summed E-state index contributed by atoms with van der Waals surface area (Å²) in [7, 11) is 0. The number of piperidine rings is 1. The first-order chi connectivity index (χ1) is 15.9. The standard InChI is InChI=1S/C28H36FNO3/c1-19(2)20-6-10-24(11-7-20)33-25-12-8-21(9-13-25)26-5-3-4-23(27(26)29)18-30-16-14-22(15-17-30)28(31)32/h3-5,8-9,12-13,19-20,22,24H,6-7,10-11,14-18H2,1-2H3,(H,31,32). The molecule has 0 spiro atoms. The van der Waals surface area contributed by atoms with E-state index in [0.29, 0.717) is 43.6 Å². The fourth-order valence-electron chi connectivity index (χ4n) is 5.28. The first kappa shape index (κ1) is 23.7. The fraction of sp³-hybridized carbons (Fsp3) is 0.536. The van der Waals surface area contributed by atoms with Gasteiger partial charge in [-0.25, -0.2) is 4.39 Å². The predicted molar refractivity (Wildman–Crippen MR) is 129 cm³/mol. The lowest BCUT2D eigenvalue weighted by molar-refractivity contribution is -0.143. The van der Waals surface area contributed by atoms with Crippen molar-refractivity contribution in [2.24, 2.45) is 17.8 Å². The number of halogens is 1. The molecule has 2 aliphatic rings. The molecule has 1 heterocycles. The van der Waals surface area contributed by atoms with Crippen LogP contribution in [0, 0.1) is 23.6 Å². The van der Waals surface area contributed by atoms with Crippen LogP contribution in [0.2, 0.25) is 0 Å². The van der Waals surface area contributed by atoms with Crippen LogP contribution in [0.1, 0.15) is 57.9 Å². The van der Waals surface area contributed by atoms with Crippen molar-refractivity contribution in [3.63, 3.8) is 0 Å². The van der Waals surface area contributed by atoms with E-state index in [1.807, 2.05) is 42.5 Å². The molecule has 1 saturated heterocycles. The van der Waals surface area contributed by atoms with Gasteiger partial charge in [0.15, 0.2) is 0 Å². The van der Waals surface area contributed by atoms with Crippen molar-refractivity contribution in [3.05, 3.63) is 53.8 Å². The summed E-state index contributed by atoms with van der Waals surface area (Å²) < 4.78 is 21.6. The van der Waals surface area contributed by atoms with E-state index in [1.165, 1.54) is 12.8 Å². The summed E-state index contributed by atoms with van der Waals surface area (Å²) in [5.41, 5.74) is 2.09. The van der Waals surface area contributed by atoms with Crippen LogP contribution < -0.4 is 4.74 Å². The van der Waals surface area contributed by atoms with Crippen LogP contribution in [-0.4, -0.2) is 35.2 Å². The Kier molecular flexibility index (Phi) is 7.69. The van der Waals surface area contributed by atoms with Gasteiger partial charge in [0, 0.05) is 17.7 Å². The smallest absolute Gasteiger partial charge is 0.306 e. The number of aliphatic carboxylic acids is 1. The second-order valence-corrected chi connectivity index (χ2v) is 10.1. The molecule has 33 heavy (non-hydrogen) atoms. The van der Waals surface area contributed by atoms with Gasteiger partial charge >= 0.3 is 5.97 Å². The Hall–Kier alpha value is -2.40. The maximum Gasteiger partial charge on any atom is 0.306 e. The Labute approximate surface area is 196 Å². The zero-order valence-corrected chi connectivity index (χ0v) is 19.8. The number of nitrogens with zero attached hydrogens (tertiary/aromatic N) is 1. The van der Waals surface area contributed by atoms with Gasteiger partial charge in [-0.15, -0.1) is 0 Å². The van der Waals surface area contributed by atoms with Crippen molar-refractivity contribution in [2.75, 3.05) is 13.1 Å². The number of hydrogen-bond donors (Lipinski definition) is 1. The molecule has 4 rings (SSSR count). The van der Waals surface area contributed by atoms with Crippen LogP contribution in [-0.2, 0) is 11.3 Å². The molecule has 1 N–H and O–H groups in total. The predicted octanol–water partition coefficient (Wildman–Crippen LogP) is 6.38. The van der Waals surface area contributed by atoms with Crippen LogP contribution >= 0.6 is 0 Å². The van der Waals surface area contributed by atoms with Crippen molar-refractivity contribution in [1.82, 2.24) is 4.90 Å². The van der Waals surface area contributed by atoms with Gasteiger partial charge in [0.25, 0.3) is 0 Å².